The van der Waals surface area contributed by atoms with Crippen LogP contribution in [0.1, 0.15) is 50.5 Å². The number of benzene rings is 1. The molecule has 2 heterocycles. The van der Waals surface area contributed by atoms with Gasteiger partial charge in [-0.1, -0.05) is 37.3 Å². The second-order valence-corrected chi connectivity index (χ2v) is 8.36. The zero-order valence-electron chi connectivity index (χ0n) is 18.0. The number of carbonyl (C=O) groups excluding carboxylic acids is 1. The molecule has 0 radical (unpaired) electrons. The highest BCUT2D eigenvalue weighted by Gasteiger charge is 2.40. The highest BCUT2D eigenvalue weighted by molar-refractivity contribution is 7.79. The highest BCUT2D eigenvalue weighted by Crippen LogP contribution is 2.36. The molecule has 9 nitrogen and oxygen atoms in total. The maximum atomic E-state index is 12.4. The van der Waals surface area contributed by atoms with Gasteiger partial charge < -0.3 is 20.5 Å². The molecule has 2 bridgehead atoms. The lowest BCUT2D eigenvalue weighted by molar-refractivity contribution is -0.155. The lowest BCUT2D eigenvalue weighted by atomic mass is 9.98. The number of aliphatic hydroxyl groups is 1. The van der Waals surface area contributed by atoms with Gasteiger partial charge in [0.05, 0.1) is 6.61 Å². The topological polar surface area (TPSA) is 150 Å². The fourth-order valence-corrected chi connectivity index (χ4v) is 3.71. The van der Waals surface area contributed by atoms with E-state index in [0.29, 0.717) is 12.1 Å². The Hall–Kier alpha value is -1.27. The van der Waals surface area contributed by atoms with Gasteiger partial charge in [0.25, 0.3) is 0 Å². The van der Waals surface area contributed by atoms with Crippen molar-refractivity contribution in [3.05, 3.63) is 35.9 Å². The summed E-state index contributed by atoms with van der Waals surface area (Å²) in [4.78, 5) is 14.8. The average molecular weight is 483 g/mol. The molecule has 3 rings (SSSR count). The van der Waals surface area contributed by atoms with Crippen molar-refractivity contribution in [1.82, 2.24) is 4.90 Å². The quantitative estimate of drug-likeness (QED) is 0.365. The molecule has 1 aromatic carbocycles. The maximum absolute atomic E-state index is 12.4. The SMILES string of the molecule is CCCN.CN1C2CCC1CC(OC(=O)C(CO)c1ccccc1)C2.Cl.O=S(=O)(O)O. The minimum Gasteiger partial charge on any atom is -0.462 e. The van der Waals surface area contributed by atoms with Crippen LogP contribution in [0, 0.1) is 0 Å². The molecular formula is C20H35ClN2O7S. The second-order valence-electron chi connectivity index (χ2n) is 7.46. The first-order valence-electron chi connectivity index (χ1n) is 10.1. The van der Waals surface area contributed by atoms with Gasteiger partial charge in [0.2, 0.25) is 0 Å². The summed E-state index contributed by atoms with van der Waals surface area (Å²) in [6.45, 7) is 2.67. The second kappa shape index (κ2) is 14.7. The predicted octanol–water partition coefficient (Wildman–Crippen LogP) is 2.05. The number of piperidine rings is 1. The molecule has 3 atom stereocenters. The number of carbonyl (C=O) groups is 1. The molecule has 0 saturated carbocycles. The predicted molar refractivity (Wildman–Crippen MR) is 121 cm³/mol. The maximum Gasteiger partial charge on any atom is 0.394 e. The van der Waals surface area contributed by atoms with Crippen LogP contribution in [0.2, 0.25) is 0 Å². The number of aliphatic hydroxyl groups excluding tert-OH is 1. The molecule has 11 heteroatoms. The minimum absolute atomic E-state index is 0. The van der Waals surface area contributed by atoms with Gasteiger partial charge in [0, 0.05) is 12.1 Å². The number of hydrogen-bond donors (Lipinski definition) is 4. The molecule has 180 valence electrons. The van der Waals surface area contributed by atoms with Crippen molar-refractivity contribution in [1.29, 1.82) is 0 Å². The Balaban J connectivity index is 0.000000769. The smallest absolute Gasteiger partial charge is 0.394 e. The summed E-state index contributed by atoms with van der Waals surface area (Å²) in [5, 5.41) is 9.53. The average Bonchev–Trinajstić information content (AvgIpc) is 2.89. The number of fused-ring (bicyclic) bond motifs is 2. The van der Waals surface area contributed by atoms with Gasteiger partial charge >= 0.3 is 16.4 Å². The minimum atomic E-state index is -4.67. The molecule has 2 aliphatic rings. The van der Waals surface area contributed by atoms with Gasteiger partial charge in [-0.05, 0) is 51.3 Å². The van der Waals surface area contributed by atoms with E-state index in [9.17, 15) is 9.90 Å². The molecule has 0 aromatic heterocycles. The van der Waals surface area contributed by atoms with E-state index in [1.165, 1.54) is 12.8 Å². The Kier molecular flexibility index (Phi) is 14.1. The summed E-state index contributed by atoms with van der Waals surface area (Å²) in [7, 11) is -2.50. The number of hydrogen-bond acceptors (Lipinski definition) is 7. The summed E-state index contributed by atoms with van der Waals surface area (Å²) in [5.74, 6) is -0.860. The lowest BCUT2D eigenvalue weighted by Gasteiger charge is -2.36. The molecule has 0 spiro atoms. The molecular weight excluding hydrogens is 448 g/mol. The van der Waals surface area contributed by atoms with Crippen molar-refractivity contribution in [3.63, 3.8) is 0 Å². The molecule has 1 aromatic rings. The molecule has 5 N–H and O–H groups in total. The van der Waals surface area contributed by atoms with E-state index in [4.69, 9.17) is 28.0 Å². The standard InChI is InChI=1S/C17H23NO3.C3H9N.ClH.H2O4S/c1-18-13-7-8-14(18)10-15(9-13)21-17(20)16(11-19)12-5-3-2-4-6-12;1-2-3-4;;1-5(2,3)4/h2-6,13-16,19H,7-11H2,1H3;2-4H2,1H3;1H;(H2,1,2,3,4). The van der Waals surface area contributed by atoms with Gasteiger partial charge in [-0.2, -0.15) is 8.42 Å². The van der Waals surface area contributed by atoms with Crippen molar-refractivity contribution in [2.45, 2.75) is 63.1 Å². The Labute approximate surface area is 190 Å². The van der Waals surface area contributed by atoms with Gasteiger partial charge in [0.15, 0.2) is 0 Å². The van der Waals surface area contributed by atoms with Gasteiger partial charge in [-0.15, -0.1) is 12.4 Å². The lowest BCUT2D eigenvalue weighted by Crippen LogP contribution is -2.43. The van der Waals surface area contributed by atoms with E-state index >= 15 is 0 Å². The number of rotatable bonds is 5. The number of ether oxygens (including phenoxy) is 1. The molecule has 31 heavy (non-hydrogen) atoms. The molecule has 3 unspecified atom stereocenters. The summed E-state index contributed by atoms with van der Waals surface area (Å²) < 4.78 is 37.3. The van der Waals surface area contributed by atoms with E-state index < -0.39 is 16.3 Å². The van der Waals surface area contributed by atoms with Gasteiger partial charge in [-0.3, -0.25) is 13.9 Å². The number of esters is 1. The van der Waals surface area contributed by atoms with E-state index in [0.717, 1.165) is 31.4 Å². The molecule has 2 saturated heterocycles. The van der Waals surface area contributed by atoms with Crippen LogP contribution in [0.4, 0.5) is 0 Å². The van der Waals surface area contributed by atoms with E-state index in [2.05, 4.69) is 18.9 Å². The number of halogens is 1. The zero-order chi connectivity index (χ0) is 22.7. The number of nitrogens with zero attached hydrogens (tertiary/aromatic N) is 1. The van der Waals surface area contributed by atoms with E-state index in [1.807, 2.05) is 30.3 Å². The first-order valence-corrected chi connectivity index (χ1v) is 11.5. The van der Waals surface area contributed by atoms with Crippen LogP contribution in [-0.4, -0.2) is 71.9 Å². The third kappa shape index (κ3) is 11.2. The Bertz CT molecular complexity index is 712. The van der Waals surface area contributed by atoms with Crippen molar-refractivity contribution in [2.75, 3.05) is 20.2 Å². The Morgan fingerprint density at radius 3 is 2.03 bits per heavy atom. The van der Waals surface area contributed by atoms with Crippen molar-refractivity contribution < 1.29 is 32.2 Å². The highest BCUT2D eigenvalue weighted by atomic mass is 35.5. The molecule has 0 aliphatic carbocycles. The van der Waals surface area contributed by atoms with E-state index in [1.54, 1.807) is 0 Å². The molecule has 2 aliphatic heterocycles. The van der Waals surface area contributed by atoms with Crippen molar-refractivity contribution in [3.8, 4) is 0 Å². The number of nitrogens with two attached hydrogens (primary N) is 1. The fraction of sp³-hybridized carbons (Fsp3) is 0.650. The third-order valence-corrected chi connectivity index (χ3v) is 5.30. The van der Waals surface area contributed by atoms with Gasteiger partial charge in [-0.25, -0.2) is 0 Å². The summed E-state index contributed by atoms with van der Waals surface area (Å²) in [5.41, 5.74) is 5.85. The van der Waals surface area contributed by atoms with Crippen LogP contribution in [0.5, 0.6) is 0 Å². The monoisotopic (exact) mass is 482 g/mol. The van der Waals surface area contributed by atoms with Crippen LogP contribution in [0.25, 0.3) is 0 Å². The van der Waals surface area contributed by atoms with E-state index in [-0.39, 0.29) is 31.1 Å². The normalized spacial score (nSPS) is 23.2. The summed E-state index contributed by atoms with van der Waals surface area (Å²) in [6.07, 6.45) is 5.36. The summed E-state index contributed by atoms with van der Waals surface area (Å²) >= 11 is 0. The van der Waals surface area contributed by atoms with Crippen LogP contribution in [0.3, 0.4) is 0 Å². The first-order chi connectivity index (χ1) is 14.1. The Morgan fingerprint density at radius 1 is 1.19 bits per heavy atom. The van der Waals surface area contributed by atoms with Crippen molar-refractivity contribution >= 4 is 28.8 Å². The van der Waals surface area contributed by atoms with Crippen molar-refractivity contribution in [2.24, 2.45) is 5.73 Å². The van der Waals surface area contributed by atoms with Crippen LogP contribution in [0.15, 0.2) is 30.3 Å². The third-order valence-electron chi connectivity index (χ3n) is 5.30. The largest absolute Gasteiger partial charge is 0.462 e. The molecule has 0 amide bonds. The summed E-state index contributed by atoms with van der Waals surface area (Å²) in [6, 6.07) is 10.5. The first kappa shape index (κ1) is 29.7. The van der Waals surface area contributed by atoms with Gasteiger partial charge in [0.1, 0.15) is 12.0 Å². The van der Waals surface area contributed by atoms with Crippen LogP contribution < -0.4 is 5.73 Å². The fourth-order valence-electron chi connectivity index (χ4n) is 3.71. The van der Waals surface area contributed by atoms with Crippen LogP contribution >= 0.6 is 12.4 Å². The Morgan fingerprint density at radius 2 is 1.65 bits per heavy atom. The van der Waals surface area contributed by atoms with Crippen LogP contribution in [-0.2, 0) is 19.9 Å². The zero-order valence-corrected chi connectivity index (χ0v) is 19.6. The molecule has 2 fully saturated rings.